The highest BCUT2D eigenvalue weighted by Gasteiger charge is 2.09. The van der Waals surface area contributed by atoms with Gasteiger partial charge in [-0.15, -0.1) is 0 Å². The van der Waals surface area contributed by atoms with Gasteiger partial charge in [0.1, 0.15) is 12.4 Å². The predicted molar refractivity (Wildman–Crippen MR) is 77.7 cm³/mol. The van der Waals surface area contributed by atoms with E-state index in [4.69, 9.17) is 10.00 Å². The fourth-order valence-electron chi connectivity index (χ4n) is 2.37. The largest absolute Gasteiger partial charge is 0.492 e. The van der Waals surface area contributed by atoms with Gasteiger partial charge >= 0.3 is 0 Å². The molecular weight excluding hydrogens is 250 g/mol. The Morgan fingerprint density at radius 1 is 1.35 bits per heavy atom. The number of hydrogen-bond acceptors (Lipinski definition) is 3. The van der Waals surface area contributed by atoms with E-state index in [-0.39, 0.29) is 0 Å². The third-order valence-corrected chi connectivity index (χ3v) is 3.42. The monoisotopic (exact) mass is 269 g/mol. The molecule has 0 amide bonds. The molecule has 0 spiro atoms. The molecule has 1 aromatic carbocycles. The van der Waals surface area contributed by atoms with E-state index in [2.05, 4.69) is 25.0 Å². The van der Waals surface area contributed by atoms with E-state index in [1.165, 1.54) is 11.3 Å². The third kappa shape index (κ3) is 3.00. The van der Waals surface area contributed by atoms with Gasteiger partial charge in [0, 0.05) is 5.69 Å². The van der Waals surface area contributed by atoms with Crippen LogP contribution in [0.2, 0.25) is 0 Å². The first-order chi connectivity index (χ1) is 9.65. The molecular formula is C16H19N3O. The predicted octanol–water partition coefficient (Wildman–Crippen LogP) is 3.01. The van der Waals surface area contributed by atoms with E-state index in [9.17, 15) is 0 Å². The molecule has 1 aromatic heterocycles. The zero-order valence-electron chi connectivity index (χ0n) is 12.2. The summed E-state index contributed by atoms with van der Waals surface area (Å²) >= 11 is 0. The van der Waals surface area contributed by atoms with Crippen LogP contribution < -0.4 is 4.74 Å². The Labute approximate surface area is 119 Å². The van der Waals surface area contributed by atoms with Crippen molar-refractivity contribution < 1.29 is 4.74 Å². The number of aryl methyl sites for hydroxylation is 1. The molecule has 0 fully saturated rings. The van der Waals surface area contributed by atoms with E-state index >= 15 is 0 Å². The third-order valence-electron chi connectivity index (χ3n) is 3.42. The first-order valence-corrected chi connectivity index (χ1v) is 6.81. The molecule has 104 valence electrons. The van der Waals surface area contributed by atoms with Gasteiger partial charge in [-0.05, 0) is 44.0 Å². The van der Waals surface area contributed by atoms with Crippen molar-refractivity contribution in [2.75, 3.05) is 6.61 Å². The van der Waals surface area contributed by atoms with Crippen molar-refractivity contribution in [2.24, 2.45) is 0 Å². The highest BCUT2D eigenvalue weighted by Crippen LogP contribution is 2.15. The maximum absolute atomic E-state index is 8.84. The van der Waals surface area contributed by atoms with Crippen molar-refractivity contribution in [3.63, 3.8) is 0 Å². The Hall–Kier alpha value is -2.28. The number of ether oxygens (including phenoxy) is 1. The number of nitrogens with zero attached hydrogens (tertiary/aromatic N) is 3. The first kappa shape index (κ1) is 14.1. The van der Waals surface area contributed by atoms with Crippen LogP contribution in [0.5, 0.6) is 5.75 Å². The van der Waals surface area contributed by atoms with E-state index in [0.29, 0.717) is 18.7 Å². The van der Waals surface area contributed by atoms with Crippen molar-refractivity contribution in [3.05, 3.63) is 46.8 Å². The van der Waals surface area contributed by atoms with Gasteiger partial charge in [0.05, 0.1) is 23.9 Å². The van der Waals surface area contributed by atoms with Crippen molar-refractivity contribution in [2.45, 2.75) is 33.7 Å². The fraction of sp³-hybridized carbons (Fsp3) is 0.375. The summed E-state index contributed by atoms with van der Waals surface area (Å²) in [6, 6.07) is 9.31. The highest BCUT2D eigenvalue weighted by molar-refractivity contribution is 5.36. The standard InChI is InChI=1S/C16H19N3O/c1-4-16-12(2)18-19(13(16)3)8-9-20-15-7-5-6-14(10-15)11-17/h5-7,10H,4,8-9H2,1-3H3. The summed E-state index contributed by atoms with van der Waals surface area (Å²) in [6.45, 7) is 7.53. The van der Waals surface area contributed by atoms with Gasteiger partial charge in [0.15, 0.2) is 0 Å². The second-order valence-electron chi connectivity index (χ2n) is 4.71. The van der Waals surface area contributed by atoms with Crippen LogP contribution in [-0.2, 0) is 13.0 Å². The summed E-state index contributed by atoms with van der Waals surface area (Å²) in [6.07, 6.45) is 1.00. The summed E-state index contributed by atoms with van der Waals surface area (Å²) in [5, 5.41) is 13.4. The van der Waals surface area contributed by atoms with Crippen LogP contribution in [0.15, 0.2) is 24.3 Å². The summed E-state index contributed by atoms with van der Waals surface area (Å²) in [5.74, 6) is 0.723. The molecule has 0 aliphatic heterocycles. The molecule has 0 aliphatic carbocycles. The van der Waals surface area contributed by atoms with Crippen molar-refractivity contribution >= 4 is 0 Å². The number of benzene rings is 1. The molecule has 0 saturated carbocycles. The minimum absolute atomic E-state index is 0.542. The second-order valence-corrected chi connectivity index (χ2v) is 4.71. The lowest BCUT2D eigenvalue weighted by Gasteiger charge is -2.08. The minimum atomic E-state index is 0.542. The van der Waals surface area contributed by atoms with Gasteiger partial charge in [-0.3, -0.25) is 4.68 Å². The van der Waals surface area contributed by atoms with E-state index < -0.39 is 0 Å². The number of aromatic nitrogens is 2. The molecule has 2 rings (SSSR count). The smallest absolute Gasteiger partial charge is 0.120 e. The van der Waals surface area contributed by atoms with Gasteiger partial charge in [-0.25, -0.2) is 0 Å². The van der Waals surface area contributed by atoms with Gasteiger partial charge in [-0.2, -0.15) is 10.4 Å². The molecule has 0 bridgehead atoms. The maximum Gasteiger partial charge on any atom is 0.120 e. The van der Waals surface area contributed by atoms with Crippen LogP contribution in [0.3, 0.4) is 0 Å². The Morgan fingerprint density at radius 2 is 2.15 bits per heavy atom. The molecule has 0 radical (unpaired) electrons. The molecule has 0 atom stereocenters. The molecule has 0 N–H and O–H groups in total. The topological polar surface area (TPSA) is 50.8 Å². The lowest BCUT2D eigenvalue weighted by Crippen LogP contribution is -2.11. The summed E-state index contributed by atoms with van der Waals surface area (Å²) in [5.41, 5.74) is 4.23. The molecule has 4 nitrogen and oxygen atoms in total. The SMILES string of the molecule is CCc1c(C)nn(CCOc2cccc(C#N)c2)c1C. The van der Waals surface area contributed by atoms with Crippen LogP contribution in [0.4, 0.5) is 0 Å². The van der Waals surface area contributed by atoms with Crippen molar-refractivity contribution in [1.29, 1.82) is 5.26 Å². The quantitative estimate of drug-likeness (QED) is 0.838. The van der Waals surface area contributed by atoms with Crippen molar-refractivity contribution in [1.82, 2.24) is 9.78 Å². The van der Waals surface area contributed by atoms with E-state index in [0.717, 1.165) is 17.9 Å². The number of nitriles is 1. The molecule has 4 heteroatoms. The van der Waals surface area contributed by atoms with E-state index in [1.807, 2.05) is 23.7 Å². The Morgan fingerprint density at radius 3 is 2.80 bits per heavy atom. The molecule has 20 heavy (non-hydrogen) atoms. The molecule has 0 aliphatic rings. The first-order valence-electron chi connectivity index (χ1n) is 6.81. The zero-order chi connectivity index (χ0) is 14.5. The zero-order valence-corrected chi connectivity index (χ0v) is 12.2. The average Bonchev–Trinajstić information content (AvgIpc) is 2.73. The molecule has 0 unspecified atom stereocenters. The number of hydrogen-bond donors (Lipinski definition) is 0. The summed E-state index contributed by atoms with van der Waals surface area (Å²) in [7, 11) is 0. The summed E-state index contributed by atoms with van der Waals surface area (Å²) < 4.78 is 7.67. The highest BCUT2D eigenvalue weighted by atomic mass is 16.5. The van der Waals surface area contributed by atoms with Crippen LogP contribution in [0, 0.1) is 25.2 Å². The van der Waals surface area contributed by atoms with Crippen molar-refractivity contribution in [3.8, 4) is 11.8 Å². The molecule has 1 heterocycles. The normalized spacial score (nSPS) is 10.3. The van der Waals surface area contributed by atoms with E-state index in [1.54, 1.807) is 12.1 Å². The van der Waals surface area contributed by atoms with Gasteiger partial charge in [0.2, 0.25) is 0 Å². The Bertz CT molecular complexity index is 638. The summed E-state index contributed by atoms with van der Waals surface area (Å²) in [4.78, 5) is 0. The minimum Gasteiger partial charge on any atom is -0.492 e. The van der Waals surface area contributed by atoms with Gasteiger partial charge < -0.3 is 4.74 Å². The maximum atomic E-state index is 8.84. The fourth-order valence-corrected chi connectivity index (χ4v) is 2.37. The lowest BCUT2D eigenvalue weighted by molar-refractivity contribution is 0.289. The van der Waals surface area contributed by atoms with Crippen LogP contribution >= 0.6 is 0 Å². The number of rotatable bonds is 5. The average molecular weight is 269 g/mol. The molecule has 0 saturated heterocycles. The van der Waals surface area contributed by atoms with Gasteiger partial charge in [0.25, 0.3) is 0 Å². The molecule has 2 aromatic rings. The van der Waals surface area contributed by atoms with Crippen LogP contribution in [0.25, 0.3) is 0 Å². The van der Waals surface area contributed by atoms with Crippen LogP contribution in [0.1, 0.15) is 29.4 Å². The van der Waals surface area contributed by atoms with Gasteiger partial charge in [-0.1, -0.05) is 13.0 Å². The Kier molecular flexibility index (Phi) is 4.41. The lowest BCUT2D eigenvalue weighted by atomic mass is 10.1. The Balaban J connectivity index is 1.98. The second kappa shape index (κ2) is 6.25. The van der Waals surface area contributed by atoms with Crippen LogP contribution in [-0.4, -0.2) is 16.4 Å².